The summed E-state index contributed by atoms with van der Waals surface area (Å²) in [5.41, 5.74) is 0. The first-order valence-electron chi connectivity index (χ1n) is 6.25. The van der Waals surface area contributed by atoms with Gasteiger partial charge in [-0.15, -0.1) is 0 Å². The highest BCUT2D eigenvalue weighted by atomic mass is 13.9. The van der Waals surface area contributed by atoms with Crippen LogP contribution < -0.4 is 0 Å². The Labute approximate surface area is 95.8 Å². The molecule has 0 spiro atoms. The average molecular weight is 205 g/mol. The van der Waals surface area contributed by atoms with E-state index in [0.717, 1.165) is 6.42 Å². The van der Waals surface area contributed by atoms with E-state index in [1.54, 1.807) is 6.08 Å². The Balaban J connectivity index is 3.13. The lowest BCUT2D eigenvalue weighted by atomic mass is 10.1. The van der Waals surface area contributed by atoms with Crippen molar-refractivity contribution in [2.45, 2.75) is 58.3 Å². The Hall–Kier alpha value is -0.780. The highest BCUT2D eigenvalue weighted by Crippen LogP contribution is 2.02. The summed E-state index contributed by atoms with van der Waals surface area (Å²) in [4.78, 5) is 0. The van der Waals surface area contributed by atoms with E-state index in [2.05, 4.69) is 31.2 Å². The van der Waals surface area contributed by atoms with Crippen LogP contribution in [0.2, 0.25) is 0 Å². The summed E-state index contributed by atoms with van der Waals surface area (Å²) in [6.07, 6.45) is 20.5. The van der Waals surface area contributed by atoms with Gasteiger partial charge >= 0.3 is 0 Å². The molecule has 0 aromatic rings. The van der Waals surface area contributed by atoms with Crippen molar-refractivity contribution in [3.05, 3.63) is 37.0 Å². The lowest BCUT2D eigenvalue weighted by Crippen LogP contribution is -1.72. The Kier molecular flexibility index (Phi) is 12.5. The van der Waals surface area contributed by atoms with E-state index in [1.807, 2.05) is 0 Å². The molecule has 0 saturated carbocycles. The van der Waals surface area contributed by atoms with Crippen LogP contribution in [0.1, 0.15) is 58.3 Å². The summed E-state index contributed by atoms with van der Waals surface area (Å²) in [6.45, 7) is 7.51. The molecule has 0 N–H and O–H groups in total. The third kappa shape index (κ3) is 13.2. The number of hydrogen-bond acceptors (Lipinski definition) is 0. The molecule has 85 valence electrons. The fourth-order valence-corrected chi connectivity index (χ4v) is 1.35. The zero-order chi connectivity index (χ0) is 11.2. The van der Waals surface area contributed by atoms with Crippen molar-refractivity contribution in [3.63, 3.8) is 0 Å². The monoisotopic (exact) mass is 205 g/mol. The summed E-state index contributed by atoms with van der Waals surface area (Å²) in [7, 11) is 0. The van der Waals surface area contributed by atoms with Gasteiger partial charge in [0.2, 0.25) is 0 Å². The van der Waals surface area contributed by atoms with Crippen molar-refractivity contribution in [2.75, 3.05) is 0 Å². The van der Waals surface area contributed by atoms with E-state index in [1.165, 1.54) is 44.9 Å². The van der Waals surface area contributed by atoms with Gasteiger partial charge < -0.3 is 0 Å². The first-order chi connectivity index (χ1) is 7.41. The highest BCUT2D eigenvalue weighted by Gasteiger charge is 1.82. The molecule has 0 fully saturated rings. The SMILES string of the molecule is [CH]=CCCCCC=CCCC=CCCC. The maximum Gasteiger partial charge on any atom is -0.0316 e. The van der Waals surface area contributed by atoms with Gasteiger partial charge in [-0.3, -0.25) is 0 Å². The highest BCUT2D eigenvalue weighted by molar-refractivity contribution is 4.87. The van der Waals surface area contributed by atoms with Gasteiger partial charge in [-0.05, 0) is 44.9 Å². The van der Waals surface area contributed by atoms with Crippen molar-refractivity contribution < 1.29 is 0 Å². The molecule has 0 atom stereocenters. The standard InChI is InChI=1S/C15H25/c1-3-5-7-9-11-13-15-14-12-10-8-6-4-2/h1,3,8,10,13,15H,4-7,9,11-12,14H2,2H3. The van der Waals surface area contributed by atoms with E-state index >= 15 is 0 Å². The fourth-order valence-electron chi connectivity index (χ4n) is 1.35. The van der Waals surface area contributed by atoms with Crippen LogP contribution >= 0.6 is 0 Å². The number of unbranched alkanes of at least 4 members (excludes halogenated alkanes) is 5. The molecule has 0 aliphatic rings. The number of allylic oxidation sites excluding steroid dienone is 5. The molecule has 0 nitrogen and oxygen atoms in total. The lowest BCUT2D eigenvalue weighted by molar-refractivity contribution is 0.760. The third-order valence-electron chi connectivity index (χ3n) is 2.28. The van der Waals surface area contributed by atoms with Gasteiger partial charge in [-0.2, -0.15) is 0 Å². The minimum atomic E-state index is 1.05. The quantitative estimate of drug-likeness (QED) is 0.338. The Morgan fingerprint density at radius 3 is 1.87 bits per heavy atom. The third-order valence-corrected chi connectivity index (χ3v) is 2.28. The van der Waals surface area contributed by atoms with Crippen molar-refractivity contribution >= 4 is 0 Å². The largest absolute Gasteiger partial charge is 0.0885 e. The molecule has 15 heavy (non-hydrogen) atoms. The van der Waals surface area contributed by atoms with E-state index in [4.69, 9.17) is 6.58 Å². The molecule has 0 unspecified atom stereocenters. The maximum absolute atomic E-state index is 5.30. The molecule has 0 bridgehead atoms. The smallest absolute Gasteiger partial charge is 0.0316 e. The predicted molar refractivity (Wildman–Crippen MR) is 69.8 cm³/mol. The molecule has 0 aliphatic heterocycles. The molecule has 0 heterocycles. The second-order valence-corrected chi connectivity index (χ2v) is 3.83. The molecule has 0 rings (SSSR count). The van der Waals surface area contributed by atoms with Gasteiger partial charge in [-0.1, -0.05) is 50.3 Å². The minimum absolute atomic E-state index is 1.05. The lowest BCUT2D eigenvalue weighted by Gasteiger charge is -1.92. The molecular weight excluding hydrogens is 180 g/mol. The molecule has 0 heteroatoms. The number of rotatable bonds is 10. The van der Waals surface area contributed by atoms with Crippen LogP contribution in [-0.2, 0) is 0 Å². The molecule has 0 aromatic carbocycles. The molecule has 0 saturated heterocycles. The van der Waals surface area contributed by atoms with Crippen LogP contribution in [0.5, 0.6) is 0 Å². The van der Waals surface area contributed by atoms with Crippen LogP contribution in [0.3, 0.4) is 0 Å². The van der Waals surface area contributed by atoms with E-state index in [-0.39, 0.29) is 0 Å². The Morgan fingerprint density at radius 2 is 1.27 bits per heavy atom. The van der Waals surface area contributed by atoms with Crippen LogP contribution in [-0.4, -0.2) is 0 Å². The first-order valence-corrected chi connectivity index (χ1v) is 6.25. The second-order valence-electron chi connectivity index (χ2n) is 3.83. The summed E-state index contributed by atoms with van der Waals surface area (Å²) in [5.74, 6) is 0. The zero-order valence-corrected chi connectivity index (χ0v) is 10.1. The average Bonchev–Trinajstić information content (AvgIpc) is 2.26. The molecule has 1 radical (unpaired) electrons. The zero-order valence-electron chi connectivity index (χ0n) is 10.1. The van der Waals surface area contributed by atoms with Crippen LogP contribution in [0, 0.1) is 6.58 Å². The van der Waals surface area contributed by atoms with Crippen molar-refractivity contribution in [1.82, 2.24) is 0 Å². The van der Waals surface area contributed by atoms with Gasteiger partial charge in [0.05, 0.1) is 0 Å². The van der Waals surface area contributed by atoms with Crippen LogP contribution in [0.25, 0.3) is 0 Å². The second kappa shape index (κ2) is 13.2. The van der Waals surface area contributed by atoms with Crippen molar-refractivity contribution in [1.29, 1.82) is 0 Å². The molecule has 0 amide bonds. The fraction of sp³-hybridized carbons (Fsp3) is 0.600. The van der Waals surface area contributed by atoms with Crippen LogP contribution in [0.4, 0.5) is 0 Å². The van der Waals surface area contributed by atoms with Crippen molar-refractivity contribution in [3.8, 4) is 0 Å². The van der Waals surface area contributed by atoms with Gasteiger partial charge in [0.1, 0.15) is 0 Å². The predicted octanol–water partition coefficient (Wildman–Crippen LogP) is 5.23. The Bertz CT molecular complexity index is 174. The van der Waals surface area contributed by atoms with Crippen LogP contribution in [0.15, 0.2) is 30.4 Å². The molecule has 0 aliphatic carbocycles. The summed E-state index contributed by atoms with van der Waals surface area (Å²) in [5, 5.41) is 0. The van der Waals surface area contributed by atoms with Gasteiger partial charge in [0, 0.05) is 0 Å². The van der Waals surface area contributed by atoms with Crippen molar-refractivity contribution in [2.24, 2.45) is 0 Å². The topological polar surface area (TPSA) is 0 Å². The maximum atomic E-state index is 5.30. The Morgan fingerprint density at radius 1 is 0.733 bits per heavy atom. The normalized spacial score (nSPS) is 11.5. The van der Waals surface area contributed by atoms with Gasteiger partial charge in [0.25, 0.3) is 0 Å². The first kappa shape index (κ1) is 14.2. The summed E-state index contributed by atoms with van der Waals surface area (Å²) in [6, 6.07) is 0. The summed E-state index contributed by atoms with van der Waals surface area (Å²) >= 11 is 0. The van der Waals surface area contributed by atoms with Gasteiger partial charge in [0.15, 0.2) is 0 Å². The molecule has 0 aromatic heterocycles. The summed E-state index contributed by atoms with van der Waals surface area (Å²) < 4.78 is 0. The van der Waals surface area contributed by atoms with E-state index in [9.17, 15) is 0 Å². The van der Waals surface area contributed by atoms with Gasteiger partial charge in [-0.25, -0.2) is 0 Å². The van der Waals surface area contributed by atoms with E-state index in [0.29, 0.717) is 0 Å². The number of hydrogen-bond donors (Lipinski definition) is 0. The molecular formula is C15H25. The van der Waals surface area contributed by atoms with E-state index < -0.39 is 0 Å². The minimum Gasteiger partial charge on any atom is -0.0885 e.